The topological polar surface area (TPSA) is 144 Å². The van der Waals surface area contributed by atoms with Crippen LogP contribution in [0.2, 0.25) is 0 Å². The fraction of sp³-hybridized carbons (Fsp3) is 0.722. The third-order valence-electron chi connectivity index (χ3n) is 3.10. The van der Waals surface area contributed by atoms with E-state index in [-0.39, 0.29) is 12.8 Å². The molecular weight excluding hydrogens is 370 g/mol. The minimum absolute atomic E-state index is 0.103. The fourth-order valence-electron chi connectivity index (χ4n) is 1.77. The second-order valence-electron chi connectivity index (χ2n) is 7.86. The summed E-state index contributed by atoms with van der Waals surface area (Å²) in [5, 5.41) is 2.30. The zero-order valence-electron chi connectivity index (χ0n) is 17.4. The van der Waals surface area contributed by atoms with Gasteiger partial charge in [-0.2, -0.15) is 4.79 Å². The number of carbonyl (C=O) groups excluding carboxylic acids is 4. The second-order valence-corrected chi connectivity index (χ2v) is 7.86. The monoisotopic (exact) mass is 399 g/mol. The van der Waals surface area contributed by atoms with E-state index >= 15 is 0 Å². The molecule has 0 aliphatic carbocycles. The van der Waals surface area contributed by atoms with Crippen molar-refractivity contribution in [1.82, 2.24) is 5.32 Å². The predicted molar refractivity (Wildman–Crippen MR) is 98.2 cm³/mol. The van der Waals surface area contributed by atoms with Crippen molar-refractivity contribution in [2.45, 2.75) is 79.2 Å². The maximum Gasteiger partial charge on any atom is 0.411 e. The molecule has 1 unspecified atom stereocenters. The summed E-state index contributed by atoms with van der Waals surface area (Å²) in [7, 11) is 0. The van der Waals surface area contributed by atoms with Crippen molar-refractivity contribution in [3.63, 3.8) is 0 Å². The second kappa shape index (κ2) is 10.6. The van der Waals surface area contributed by atoms with Crippen LogP contribution in [0, 0.1) is 5.41 Å². The molecule has 1 amide bonds. The Kier molecular flexibility index (Phi) is 9.52. The summed E-state index contributed by atoms with van der Waals surface area (Å²) in [6.07, 6.45) is -1.05. The van der Waals surface area contributed by atoms with Gasteiger partial charge in [-0.05, 0) is 41.0 Å². The molecule has 0 fully saturated rings. The third kappa shape index (κ3) is 10.4. The summed E-state index contributed by atoms with van der Waals surface area (Å²) in [4.78, 5) is 50.4. The van der Waals surface area contributed by atoms with Crippen molar-refractivity contribution in [2.24, 2.45) is 5.41 Å². The van der Waals surface area contributed by atoms with E-state index in [0.29, 0.717) is 6.21 Å². The first kappa shape index (κ1) is 25.3. The normalized spacial score (nSPS) is 12.4. The summed E-state index contributed by atoms with van der Waals surface area (Å²) < 4.78 is 15.3. The summed E-state index contributed by atoms with van der Waals surface area (Å²) in [6, 6.07) is -1.18. The lowest BCUT2D eigenvalue weighted by Gasteiger charge is -2.29. The largest absolute Gasteiger partial charge is 0.461 e. The van der Waals surface area contributed by atoms with Crippen LogP contribution in [0.5, 0.6) is 0 Å². The van der Waals surface area contributed by atoms with Crippen LogP contribution < -0.4 is 5.32 Å². The number of nitrogens with one attached hydrogen (secondary N) is 1. The number of ether oxygens (including phenoxy) is 3. The molecule has 0 radical (unpaired) electrons. The van der Waals surface area contributed by atoms with Gasteiger partial charge in [-0.15, -0.1) is 0 Å². The average Bonchev–Trinajstić information content (AvgIpc) is 2.48. The molecule has 0 saturated heterocycles. The van der Waals surface area contributed by atoms with Gasteiger partial charge in [0.2, 0.25) is 5.78 Å². The Labute approximate surface area is 164 Å². The van der Waals surface area contributed by atoms with Crippen LogP contribution >= 0.6 is 0 Å². The zero-order chi connectivity index (χ0) is 22.1. The van der Waals surface area contributed by atoms with E-state index in [4.69, 9.17) is 19.7 Å². The van der Waals surface area contributed by atoms with Gasteiger partial charge in [0, 0.05) is 20.3 Å². The van der Waals surface area contributed by atoms with Crippen molar-refractivity contribution in [3.8, 4) is 0 Å². The Hall–Kier alpha value is -2.74. The van der Waals surface area contributed by atoms with E-state index in [9.17, 15) is 19.2 Å². The molecular formula is C18H29N3O7. The number of hydrogen-bond donors (Lipinski definition) is 1. The molecule has 0 bridgehead atoms. The quantitative estimate of drug-likeness (QED) is 0.205. The van der Waals surface area contributed by atoms with Gasteiger partial charge in [-0.3, -0.25) is 9.59 Å². The Bertz CT molecular complexity index is 644. The number of nitrogens with zero attached hydrogens (tertiary/aromatic N) is 2. The maximum atomic E-state index is 12.2. The first-order valence-corrected chi connectivity index (χ1v) is 8.81. The van der Waals surface area contributed by atoms with Gasteiger partial charge in [0.15, 0.2) is 0 Å². The number of amides is 1. The lowest BCUT2D eigenvalue weighted by Crippen LogP contribution is -2.47. The van der Waals surface area contributed by atoms with Crippen molar-refractivity contribution in [1.29, 1.82) is 0 Å². The molecule has 0 aromatic carbocycles. The number of Topliss-reactive ketones (excluding diaryl/α,β-unsaturated/α-hetero) is 1. The van der Waals surface area contributed by atoms with Gasteiger partial charge in [-0.1, -0.05) is 0 Å². The van der Waals surface area contributed by atoms with Gasteiger partial charge in [0.1, 0.15) is 6.04 Å². The lowest BCUT2D eigenvalue weighted by molar-refractivity contribution is -0.203. The first-order chi connectivity index (χ1) is 12.7. The minimum Gasteiger partial charge on any atom is -0.461 e. The van der Waals surface area contributed by atoms with Crippen molar-refractivity contribution in [2.75, 3.05) is 0 Å². The minimum atomic E-state index is -1.58. The number of alkyl carbamates (subject to hydrolysis) is 1. The average molecular weight is 399 g/mol. The number of esters is 2. The van der Waals surface area contributed by atoms with Gasteiger partial charge >= 0.3 is 24.2 Å². The lowest BCUT2D eigenvalue weighted by atomic mass is 9.97. The van der Waals surface area contributed by atoms with Crippen LogP contribution in [0.25, 0.3) is 5.53 Å². The Balaban J connectivity index is 5.05. The van der Waals surface area contributed by atoms with Gasteiger partial charge < -0.3 is 25.1 Å². The van der Waals surface area contributed by atoms with Crippen LogP contribution in [0.4, 0.5) is 4.79 Å². The number of carbonyl (C=O) groups is 4. The van der Waals surface area contributed by atoms with Gasteiger partial charge in [0.05, 0.1) is 11.5 Å². The molecule has 10 nitrogen and oxygen atoms in total. The van der Waals surface area contributed by atoms with Crippen LogP contribution in [-0.2, 0) is 28.6 Å². The van der Waals surface area contributed by atoms with Gasteiger partial charge in [0.25, 0.3) is 5.79 Å². The Morgan fingerprint density at radius 2 is 1.64 bits per heavy atom. The van der Waals surface area contributed by atoms with E-state index < -0.39 is 47.2 Å². The van der Waals surface area contributed by atoms with Crippen molar-refractivity contribution >= 4 is 30.0 Å². The molecule has 0 aromatic rings. The van der Waals surface area contributed by atoms with E-state index in [2.05, 4.69) is 10.1 Å². The van der Waals surface area contributed by atoms with Gasteiger partial charge in [-0.25, -0.2) is 9.59 Å². The fourth-order valence-corrected chi connectivity index (χ4v) is 1.77. The molecule has 0 rings (SSSR count). The van der Waals surface area contributed by atoms with E-state index in [0.717, 1.165) is 0 Å². The van der Waals surface area contributed by atoms with Crippen LogP contribution in [0.15, 0.2) is 0 Å². The molecule has 0 spiro atoms. The predicted octanol–water partition coefficient (Wildman–Crippen LogP) is 2.01. The zero-order valence-corrected chi connectivity index (χ0v) is 17.4. The smallest absolute Gasteiger partial charge is 0.411 e. The SMILES string of the molecule is CC(C)OC(=O)C(CCC(=O)C=[N+]=[N-])NC(=O)OC(C)(C)OC(=O)C(C)(C)C. The highest BCUT2D eigenvalue weighted by Crippen LogP contribution is 2.21. The molecule has 0 aliphatic rings. The molecule has 1 N–H and O–H groups in total. The number of rotatable bonds is 9. The molecule has 0 aliphatic heterocycles. The van der Waals surface area contributed by atoms with Crippen LogP contribution in [0.1, 0.15) is 61.3 Å². The molecule has 28 heavy (non-hydrogen) atoms. The Morgan fingerprint density at radius 1 is 1.07 bits per heavy atom. The van der Waals surface area contributed by atoms with E-state index in [1.165, 1.54) is 13.8 Å². The molecule has 0 aromatic heterocycles. The summed E-state index contributed by atoms with van der Waals surface area (Å²) in [5.74, 6) is -3.46. The summed E-state index contributed by atoms with van der Waals surface area (Å²) in [6.45, 7) is 11.0. The molecule has 158 valence electrons. The highest BCUT2D eigenvalue weighted by molar-refractivity contribution is 6.25. The highest BCUT2D eigenvalue weighted by atomic mass is 16.7. The standard InChI is InChI=1S/C18H29N3O7/c1-11(2)26-14(23)13(9-8-12(22)10-20-19)21-16(25)28-18(6,7)27-15(24)17(3,4)5/h10-11,13H,8-9H2,1-7H3,(H,21,25). The Morgan fingerprint density at radius 3 is 2.11 bits per heavy atom. The third-order valence-corrected chi connectivity index (χ3v) is 3.10. The first-order valence-electron chi connectivity index (χ1n) is 8.81. The number of hydrogen-bond acceptors (Lipinski definition) is 7. The van der Waals surface area contributed by atoms with E-state index in [1.807, 2.05) is 0 Å². The highest BCUT2D eigenvalue weighted by Gasteiger charge is 2.34. The molecule has 10 heteroatoms. The molecule has 0 saturated carbocycles. The van der Waals surface area contributed by atoms with Crippen LogP contribution in [-0.4, -0.2) is 52.8 Å². The van der Waals surface area contributed by atoms with Crippen LogP contribution in [0.3, 0.4) is 0 Å². The summed E-state index contributed by atoms with van der Waals surface area (Å²) >= 11 is 0. The number of ketones is 1. The van der Waals surface area contributed by atoms with E-state index in [1.54, 1.807) is 34.6 Å². The molecule has 0 heterocycles. The maximum absolute atomic E-state index is 12.2. The summed E-state index contributed by atoms with van der Waals surface area (Å²) in [5.41, 5.74) is 7.56. The van der Waals surface area contributed by atoms with Crippen molar-refractivity contribution in [3.05, 3.63) is 5.53 Å². The molecule has 1 atom stereocenters. The van der Waals surface area contributed by atoms with Crippen molar-refractivity contribution < 1.29 is 38.2 Å².